The molecule has 4 nitrogen and oxygen atoms in total. The van der Waals surface area contributed by atoms with Crippen LogP contribution in [-0.2, 0) is 6.42 Å². The molecule has 1 heterocycles. The highest BCUT2D eigenvalue weighted by atomic mass is 16.5. The van der Waals surface area contributed by atoms with Crippen LogP contribution in [0.2, 0.25) is 0 Å². The van der Waals surface area contributed by atoms with Crippen LogP contribution in [0.15, 0.2) is 42.5 Å². The first-order valence-corrected chi connectivity index (χ1v) is 15.0. The summed E-state index contributed by atoms with van der Waals surface area (Å²) in [5.41, 5.74) is 4.10. The van der Waals surface area contributed by atoms with Crippen molar-refractivity contribution >= 4 is 0 Å². The fourth-order valence-corrected chi connectivity index (χ4v) is 8.62. The Kier molecular flexibility index (Phi) is 7.24. The maximum atomic E-state index is 11.1. The number of aryl methyl sites for hydroxylation is 1. The van der Waals surface area contributed by atoms with Crippen molar-refractivity contribution in [2.75, 3.05) is 26.2 Å². The van der Waals surface area contributed by atoms with Crippen molar-refractivity contribution in [1.29, 1.82) is 0 Å². The molecule has 1 aliphatic heterocycles. The van der Waals surface area contributed by atoms with E-state index in [9.17, 15) is 10.2 Å². The number of likely N-dealkylation sites (tertiary alicyclic amines) is 1. The lowest BCUT2D eigenvalue weighted by Gasteiger charge is -2.54. The fourth-order valence-electron chi connectivity index (χ4n) is 8.62. The van der Waals surface area contributed by atoms with Crippen molar-refractivity contribution in [2.45, 2.75) is 89.1 Å². The van der Waals surface area contributed by atoms with Gasteiger partial charge < -0.3 is 19.8 Å². The lowest BCUT2D eigenvalue weighted by atomic mass is 9.51. The van der Waals surface area contributed by atoms with Crippen molar-refractivity contribution < 1.29 is 14.9 Å². The molecular weight excluding hydrogens is 458 g/mol. The number of aliphatic hydroxyl groups excluding tert-OH is 1. The number of fused-ring (bicyclic) bond motifs is 5. The molecule has 6 rings (SSSR count). The Morgan fingerprint density at radius 2 is 1.78 bits per heavy atom. The highest BCUT2D eigenvalue weighted by Gasteiger charge is 2.57. The molecule has 2 N–H and O–H groups in total. The number of phenols is 1. The first-order chi connectivity index (χ1) is 18.0. The fraction of sp³-hybridized carbons (Fsp3) is 0.636. The number of hydrogen-bond donors (Lipinski definition) is 2. The summed E-state index contributed by atoms with van der Waals surface area (Å²) in [4.78, 5) is 2.59. The number of nitrogens with zero attached hydrogens (tertiary/aromatic N) is 1. The van der Waals surface area contributed by atoms with Crippen LogP contribution in [-0.4, -0.2) is 47.5 Å². The first kappa shape index (κ1) is 25.2. The summed E-state index contributed by atoms with van der Waals surface area (Å²) < 4.78 is 6.12. The number of hydrogen-bond acceptors (Lipinski definition) is 4. The predicted molar refractivity (Wildman–Crippen MR) is 148 cm³/mol. The molecule has 4 heteroatoms. The molecule has 0 aromatic heterocycles. The van der Waals surface area contributed by atoms with E-state index in [4.69, 9.17) is 4.74 Å². The van der Waals surface area contributed by atoms with E-state index < -0.39 is 0 Å². The monoisotopic (exact) mass is 503 g/mol. The molecule has 1 saturated heterocycles. The Labute approximate surface area is 223 Å². The van der Waals surface area contributed by atoms with E-state index in [-0.39, 0.29) is 11.5 Å². The van der Waals surface area contributed by atoms with Crippen LogP contribution in [0.3, 0.4) is 0 Å². The average Bonchev–Trinajstić information content (AvgIpc) is 3.53. The van der Waals surface area contributed by atoms with Gasteiger partial charge in [0.1, 0.15) is 11.5 Å². The molecule has 6 atom stereocenters. The number of unbranched alkanes of at least 4 members (excludes halogenated alkanes) is 2. The molecule has 0 bridgehead atoms. The molecule has 3 fully saturated rings. The third-order valence-electron chi connectivity index (χ3n) is 10.6. The van der Waals surface area contributed by atoms with Gasteiger partial charge in [-0.3, -0.25) is 0 Å². The minimum Gasteiger partial charge on any atom is -0.508 e. The lowest BCUT2D eigenvalue weighted by Crippen LogP contribution is -2.47. The van der Waals surface area contributed by atoms with E-state index in [0.29, 0.717) is 29.4 Å². The summed E-state index contributed by atoms with van der Waals surface area (Å²) in [6, 6.07) is 14.9. The summed E-state index contributed by atoms with van der Waals surface area (Å²) in [7, 11) is 0. The molecule has 200 valence electrons. The molecule has 2 aromatic rings. The van der Waals surface area contributed by atoms with Crippen LogP contribution in [0, 0.1) is 17.3 Å². The third kappa shape index (κ3) is 4.92. The molecule has 3 aliphatic carbocycles. The predicted octanol–water partition coefficient (Wildman–Crippen LogP) is 6.65. The smallest absolute Gasteiger partial charge is 0.119 e. The highest BCUT2D eigenvalue weighted by molar-refractivity contribution is 5.43. The molecule has 0 spiro atoms. The van der Waals surface area contributed by atoms with E-state index in [1.807, 2.05) is 12.1 Å². The van der Waals surface area contributed by atoms with Crippen LogP contribution in [0.1, 0.15) is 93.2 Å². The maximum Gasteiger partial charge on any atom is 0.119 e. The zero-order valence-electron chi connectivity index (χ0n) is 22.6. The Hall–Kier alpha value is -2.04. The van der Waals surface area contributed by atoms with Crippen molar-refractivity contribution in [3.8, 4) is 11.5 Å². The summed E-state index contributed by atoms with van der Waals surface area (Å²) in [6.45, 7) is 6.97. The lowest BCUT2D eigenvalue weighted by molar-refractivity contribution is -0.0323. The van der Waals surface area contributed by atoms with Crippen LogP contribution in [0.4, 0.5) is 0 Å². The number of aliphatic hydroxyl groups is 1. The van der Waals surface area contributed by atoms with Gasteiger partial charge in [0, 0.05) is 0 Å². The molecule has 0 unspecified atom stereocenters. The van der Waals surface area contributed by atoms with Crippen LogP contribution >= 0.6 is 0 Å². The van der Waals surface area contributed by atoms with Gasteiger partial charge in [-0.25, -0.2) is 0 Å². The number of benzene rings is 2. The summed E-state index contributed by atoms with van der Waals surface area (Å²) in [5, 5.41) is 21.2. The molecule has 0 amide bonds. The molecule has 4 aliphatic rings. The number of ether oxygens (including phenoxy) is 1. The number of rotatable bonds is 8. The van der Waals surface area contributed by atoms with Gasteiger partial charge >= 0.3 is 0 Å². The quantitative estimate of drug-likeness (QED) is 0.396. The van der Waals surface area contributed by atoms with Crippen LogP contribution < -0.4 is 4.74 Å². The van der Waals surface area contributed by atoms with Gasteiger partial charge in [-0.2, -0.15) is 0 Å². The third-order valence-corrected chi connectivity index (χ3v) is 10.6. The van der Waals surface area contributed by atoms with Crippen molar-refractivity contribution in [2.24, 2.45) is 17.3 Å². The van der Waals surface area contributed by atoms with E-state index in [1.54, 1.807) is 0 Å². The van der Waals surface area contributed by atoms with Gasteiger partial charge in [-0.1, -0.05) is 25.1 Å². The molecule has 37 heavy (non-hydrogen) atoms. The minimum absolute atomic E-state index is 0.00943. The van der Waals surface area contributed by atoms with Crippen molar-refractivity contribution in [1.82, 2.24) is 4.90 Å². The van der Waals surface area contributed by atoms with Gasteiger partial charge in [0.2, 0.25) is 0 Å². The van der Waals surface area contributed by atoms with Gasteiger partial charge in [-0.05, 0) is 154 Å². The van der Waals surface area contributed by atoms with Gasteiger partial charge in [0.25, 0.3) is 0 Å². The van der Waals surface area contributed by atoms with Gasteiger partial charge in [0.15, 0.2) is 0 Å². The molecular formula is C33H45NO3. The zero-order chi connectivity index (χ0) is 25.4. The second-order valence-electron chi connectivity index (χ2n) is 12.7. The number of phenolic OH excluding ortho intramolecular Hbond substituents is 1. The highest BCUT2D eigenvalue weighted by Crippen LogP contribution is 2.65. The maximum absolute atomic E-state index is 11.1. The topological polar surface area (TPSA) is 52.9 Å². The Balaban J connectivity index is 1.15. The average molecular weight is 504 g/mol. The first-order valence-electron chi connectivity index (χ1n) is 15.0. The second-order valence-corrected chi connectivity index (χ2v) is 12.7. The Bertz CT molecular complexity index is 1060. The normalized spacial score (nSPS) is 33.1. The summed E-state index contributed by atoms with van der Waals surface area (Å²) in [6.07, 6.45) is 11.5. The van der Waals surface area contributed by atoms with E-state index >= 15 is 0 Å². The largest absolute Gasteiger partial charge is 0.508 e. The van der Waals surface area contributed by atoms with E-state index in [0.717, 1.165) is 50.9 Å². The number of aromatic hydroxyl groups is 1. The molecule has 2 saturated carbocycles. The summed E-state index contributed by atoms with van der Waals surface area (Å²) in [5.74, 6) is 3.35. The Morgan fingerprint density at radius 3 is 2.59 bits per heavy atom. The Morgan fingerprint density at radius 1 is 0.973 bits per heavy atom. The molecule has 2 aromatic carbocycles. The second kappa shape index (κ2) is 10.6. The van der Waals surface area contributed by atoms with Crippen molar-refractivity contribution in [3.63, 3.8) is 0 Å². The van der Waals surface area contributed by atoms with Gasteiger partial charge in [0.05, 0.1) is 12.7 Å². The minimum atomic E-state index is -0.199. The van der Waals surface area contributed by atoms with E-state index in [1.165, 1.54) is 62.0 Å². The van der Waals surface area contributed by atoms with Gasteiger partial charge in [-0.15, -0.1) is 0 Å². The van der Waals surface area contributed by atoms with E-state index in [2.05, 4.69) is 42.2 Å². The standard InChI is InChI=1S/C33H45NO3/c1-33-22-29(23-7-11-26(12-8-23)37-20-6-2-3-17-34-18-4-5-19-34)32-27-14-10-25(35)21-24(27)9-13-28(32)30(33)15-16-31(33)36/h7-8,10-12,14,21,28-32,35-36H,2-6,9,13,15-20,22H2,1H3/t28-,29+,30-,31-,32+,33-/m0/s1. The SMILES string of the molecule is C[C@]12C[C@H](c3ccc(OCCCCCN4CCCC4)cc3)[C@@H]3c4ccc(O)cc4CC[C@H]3[C@@H]1CC[C@@H]2O. The van der Waals surface area contributed by atoms with Crippen LogP contribution in [0.5, 0.6) is 11.5 Å². The van der Waals surface area contributed by atoms with Crippen molar-refractivity contribution in [3.05, 3.63) is 59.2 Å². The zero-order valence-corrected chi connectivity index (χ0v) is 22.6. The molecule has 0 radical (unpaired) electrons. The summed E-state index contributed by atoms with van der Waals surface area (Å²) >= 11 is 0. The van der Waals surface area contributed by atoms with Crippen LogP contribution in [0.25, 0.3) is 0 Å².